The van der Waals surface area contributed by atoms with Gasteiger partial charge in [-0.25, -0.2) is 0 Å². The molecule has 0 fully saturated rings. The van der Waals surface area contributed by atoms with Crippen LogP contribution in [0.25, 0.3) is 0 Å². The van der Waals surface area contributed by atoms with Crippen LogP contribution in [0.3, 0.4) is 0 Å². The van der Waals surface area contributed by atoms with E-state index < -0.39 is 11.7 Å². The maximum Gasteiger partial charge on any atom is 0.416 e. The van der Waals surface area contributed by atoms with Gasteiger partial charge in [0.05, 0.1) is 5.56 Å². The summed E-state index contributed by atoms with van der Waals surface area (Å²) in [6, 6.07) is 3.25. The van der Waals surface area contributed by atoms with Crippen LogP contribution in [0.4, 0.5) is 13.2 Å². The number of ketones is 1. The van der Waals surface area contributed by atoms with Crippen molar-refractivity contribution in [1.82, 2.24) is 0 Å². The summed E-state index contributed by atoms with van der Waals surface area (Å²) in [5, 5.41) is 0. The van der Waals surface area contributed by atoms with Gasteiger partial charge in [-0.15, -0.1) is 0 Å². The second-order valence-corrected chi connectivity index (χ2v) is 4.05. The van der Waals surface area contributed by atoms with Crippen LogP contribution in [0.15, 0.2) is 18.2 Å². The highest BCUT2D eigenvalue weighted by molar-refractivity contribution is 5.98. The Kier molecular flexibility index (Phi) is 3.41. The number of halogens is 3. The van der Waals surface area contributed by atoms with Crippen molar-refractivity contribution in [1.29, 1.82) is 0 Å². The summed E-state index contributed by atoms with van der Waals surface area (Å²) in [6.45, 7) is 4.97. The molecule has 88 valence electrons. The second-order valence-electron chi connectivity index (χ2n) is 4.05. The summed E-state index contributed by atoms with van der Waals surface area (Å²) in [5.41, 5.74) is -0.0429. The third-order valence-electron chi connectivity index (χ3n) is 2.35. The zero-order valence-electron chi connectivity index (χ0n) is 9.35. The van der Waals surface area contributed by atoms with Crippen molar-refractivity contribution in [3.8, 4) is 0 Å². The lowest BCUT2D eigenvalue weighted by Crippen LogP contribution is -2.12. The molecule has 0 spiro atoms. The summed E-state index contributed by atoms with van der Waals surface area (Å²) in [5.74, 6) is -0.564. The average Bonchev–Trinajstić information content (AvgIpc) is 2.15. The highest BCUT2D eigenvalue weighted by Gasteiger charge is 2.31. The Morgan fingerprint density at radius 1 is 1.25 bits per heavy atom. The van der Waals surface area contributed by atoms with E-state index in [1.54, 1.807) is 20.8 Å². The van der Waals surface area contributed by atoms with Gasteiger partial charge in [0.15, 0.2) is 5.78 Å². The van der Waals surface area contributed by atoms with Crippen molar-refractivity contribution >= 4 is 5.78 Å². The first-order chi connectivity index (χ1) is 7.23. The first-order valence-corrected chi connectivity index (χ1v) is 4.95. The van der Waals surface area contributed by atoms with E-state index in [4.69, 9.17) is 0 Å². The molecule has 0 aliphatic heterocycles. The normalized spacial score (nSPS) is 11.9. The Balaban J connectivity index is 3.25. The summed E-state index contributed by atoms with van der Waals surface area (Å²) >= 11 is 0. The molecule has 16 heavy (non-hydrogen) atoms. The minimum atomic E-state index is -4.40. The van der Waals surface area contributed by atoms with Gasteiger partial charge in [0.1, 0.15) is 0 Å². The lowest BCUT2D eigenvalue weighted by atomic mass is 9.95. The predicted molar refractivity (Wildman–Crippen MR) is 55.3 cm³/mol. The summed E-state index contributed by atoms with van der Waals surface area (Å²) in [7, 11) is 0. The van der Waals surface area contributed by atoms with Gasteiger partial charge in [0.25, 0.3) is 0 Å². The largest absolute Gasteiger partial charge is 0.416 e. The quantitative estimate of drug-likeness (QED) is 0.705. The number of hydrogen-bond donors (Lipinski definition) is 0. The molecule has 0 N–H and O–H groups in total. The van der Waals surface area contributed by atoms with Crippen LogP contribution in [0.1, 0.15) is 35.3 Å². The van der Waals surface area contributed by atoms with Crippen LogP contribution >= 0.6 is 0 Å². The van der Waals surface area contributed by atoms with E-state index in [1.165, 1.54) is 6.07 Å². The van der Waals surface area contributed by atoms with Crippen LogP contribution < -0.4 is 0 Å². The number of Topliss-reactive ketones (excluding diaryl/α,β-unsaturated/α-hetero) is 1. The van der Waals surface area contributed by atoms with Gasteiger partial charge in [-0.3, -0.25) is 4.79 Å². The molecule has 0 unspecified atom stereocenters. The molecule has 0 heterocycles. The standard InChI is InChI=1S/C12H13F3O/c1-7(2)11(16)10-6-9(12(13,14)15)5-4-8(10)3/h4-7H,1-3H3. The topological polar surface area (TPSA) is 17.1 Å². The molecule has 0 saturated heterocycles. The number of hydrogen-bond acceptors (Lipinski definition) is 1. The number of alkyl halides is 3. The van der Waals surface area contributed by atoms with Crippen molar-refractivity contribution in [3.05, 3.63) is 34.9 Å². The van der Waals surface area contributed by atoms with Gasteiger partial charge in [0, 0.05) is 11.5 Å². The Morgan fingerprint density at radius 3 is 2.25 bits per heavy atom. The lowest BCUT2D eigenvalue weighted by Gasteiger charge is -2.12. The third kappa shape index (κ3) is 2.62. The van der Waals surface area contributed by atoms with E-state index in [2.05, 4.69) is 0 Å². The highest BCUT2D eigenvalue weighted by atomic mass is 19.4. The molecule has 0 radical (unpaired) electrons. The monoisotopic (exact) mass is 230 g/mol. The maximum absolute atomic E-state index is 12.5. The minimum Gasteiger partial charge on any atom is -0.294 e. The van der Waals surface area contributed by atoms with Gasteiger partial charge < -0.3 is 0 Å². The van der Waals surface area contributed by atoms with Crippen LogP contribution in [0.5, 0.6) is 0 Å². The van der Waals surface area contributed by atoms with Crippen LogP contribution in [-0.4, -0.2) is 5.78 Å². The van der Waals surface area contributed by atoms with Crippen LogP contribution in [0, 0.1) is 12.8 Å². The van der Waals surface area contributed by atoms with E-state index in [-0.39, 0.29) is 17.3 Å². The number of carbonyl (C=O) groups excluding carboxylic acids is 1. The fourth-order valence-corrected chi connectivity index (χ4v) is 1.37. The van der Waals surface area contributed by atoms with Crippen molar-refractivity contribution in [2.45, 2.75) is 26.9 Å². The summed E-state index contributed by atoms with van der Waals surface area (Å²) in [6.07, 6.45) is -4.40. The zero-order chi connectivity index (χ0) is 12.5. The van der Waals surface area contributed by atoms with Gasteiger partial charge >= 0.3 is 6.18 Å². The fourth-order valence-electron chi connectivity index (χ4n) is 1.37. The molecular weight excluding hydrogens is 217 g/mol. The maximum atomic E-state index is 12.5. The van der Waals surface area contributed by atoms with E-state index in [1.807, 2.05) is 0 Å². The molecule has 1 nitrogen and oxygen atoms in total. The number of aryl methyl sites for hydroxylation is 1. The lowest BCUT2D eigenvalue weighted by molar-refractivity contribution is -0.137. The minimum absolute atomic E-state index is 0.157. The third-order valence-corrected chi connectivity index (χ3v) is 2.35. The average molecular weight is 230 g/mol. The Bertz CT molecular complexity index is 405. The van der Waals surface area contributed by atoms with Crippen molar-refractivity contribution in [3.63, 3.8) is 0 Å². The molecule has 0 saturated carbocycles. The second kappa shape index (κ2) is 4.28. The van der Waals surface area contributed by atoms with Crippen molar-refractivity contribution < 1.29 is 18.0 Å². The highest BCUT2D eigenvalue weighted by Crippen LogP contribution is 2.31. The van der Waals surface area contributed by atoms with E-state index in [0.29, 0.717) is 5.56 Å². The molecular formula is C12H13F3O. The van der Waals surface area contributed by atoms with Crippen molar-refractivity contribution in [2.24, 2.45) is 5.92 Å². The molecule has 0 aliphatic carbocycles. The van der Waals surface area contributed by atoms with Crippen LogP contribution in [0.2, 0.25) is 0 Å². The summed E-state index contributed by atoms with van der Waals surface area (Å²) in [4.78, 5) is 11.7. The molecule has 0 amide bonds. The molecule has 1 rings (SSSR count). The predicted octanol–water partition coefficient (Wildman–Crippen LogP) is 3.85. The number of rotatable bonds is 2. The number of carbonyl (C=O) groups is 1. The van der Waals surface area contributed by atoms with E-state index >= 15 is 0 Å². The Labute approximate surface area is 92.3 Å². The number of benzene rings is 1. The molecule has 0 aliphatic rings. The molecule has 0 bridgehead atoms. The first kappa shape index (κ1) is 12.7. The first-order valence-electron chi connectivity index (χ1n) is 4.95. The molecule has 1 aromatic rings. The summed E-state index contributed by atoms with van der Waals surface area (Å²) < 4.78 is 37.4. The zero-order valence-corrected chi connectivity index (χ0v) is 9.35. The SMILES string of the molecule is Cc1ccc(C(F)(F)F)cc1C(=O)C(C)C. The van der Waals surface area contributed by atoms with Crippen molar-refractivity contribution in [2.75, 3.05) is 0 Å². The molecule has 0 atom stereocenters. The van der Waals surface area contributed by atoms with Gasteiger partial charge in [-0.1, -0.05) is 19.9 Å². The van der Waals surface area contributed by atoms with Crippen LogP contribution in [-0.2, 0) is 6.18 Å². The Morgan fingerprint density at radius 2 is 1.81 bits per heavy atom. The van der Waals surface area contributed by atoms with Gasteiger partial charge in [-0.05, 0) is 24.6 Å². The van der Waals surface area contributed by atoms with E-state index in [0.717, 1.165) is 12.1 Å². The van der Waals surface area contributed by atoms with Gasteiger partial charge in [0.2, 0.25) is 0 Å². The Hall–Kier alpha value is -1.32. The molecule has 4 heteroatoms. The molecule has 1 aromatic carbocycles. The van der Waals surface area contributed by atoms with E-state index in [9.17, 15) is 18.0 Å². The smallest absolute Gasteiger partial charge is 0.294 e. The fraction of sp³-hybridized carbons (Fsp3) is 0.417. The van der Waals surface area contributed by atoms with Gasteiger partial charge in [-0.2, -0.15) is 13.2 Å². The molecule has 0 aromatic heterocycles.